The van der Waals surface area contributed by atoms with Crippen molar-refractivity contribution in [3.8, 4) is 0 Å². The smallest absolute Gasteiger partial charge is 0.227 e. The minimum absolute atomic E-state index is 0.212. The van der Waals surface area contributed by atoms with E-state index in [0.29, 0.717) is 19.5 Å². The first kappa shape index (κ1) is 16.0. The highest BCUT2D eigenvalue weighted by Gasteiger charge is 2.21. The minimum Gasteiger partial charge on any atom is -0.352 e. The molecule has 1 aromatic carbocycles. The van der Waals surface area contributed by atoms with Gasteiger partial charge in [-0.3, -0.25) is 14.9 Å². The fourth-order valence-electron chi connectivity index (χ4n) is 2.68. The van der Waals surface area contributed by atoms with Crippen LogP contribution in [-0.4, -0.2) is 35.7 Å². The summed E-state index contributed by atoms with van der Waals surface area (Å²) in [5, 5.41) is 13.3. The monoisotopic (exact) mass is 326 g/mol. The van der Waals surface area contributed by atoms with Gasteiger partial charge >= 0.3 is 0 Å². The van der Waals surface area contributed by atoms with Crippen molar-refractivity contribution >= 4 is 17.6 Å². The summed E-state index contributed by atoms with van der Waals surface area (Å²) in [6.45, 7) is 2.12. The number of benzene rings is 1. The summed E-state index contributed by atoms with van der Waals surface area (Å²) in [4.78, 5) is 17.8. The van der Waals surface area contributed by atoms with Crippen molar-refractivity contribution in [3.63, 3.8) is 0 Å². The number of aromatic nitrogens is 2. The maximum Gasteiger partial charge on any atom is 0.227 e. The molecule has 1 aliphatic rings. The van der Waals surface area contributed by atoms with Crippen LogP contribution in [0, 0.1) is 0 Å². The summed E-state index contributed by atoms with van der Waals surface area (Å²) in [5.74, 6) is 0.938. The number of carbonyl (C=O) groups excluding carboxylic acids is 1. The lowest BCUT2D eigenvalue weighted by molar-refractivity contribution is -0.117. The first-order valence-electron chi connectivity index (χ1n) is 8.08. The molecule has 0 unspecified atom stereocenters. The summed E-state index contributed by atoms with van der Waals surface area (Å²) in [5.41, 5.74) is 3.11. The molecule has 2 aromatic rings. The molecule has 0 aliphatic carbocycles. The molecule has 0 saturated carbocycles. The highest BCUT2D eigenvalue weighted by Crippen LogP contribution is 2.21. The Morgan fingerprint density at radius 3 is 2.67 bits per heavy atom. The molecule has 24 heavy (non-hydrogen) atoms. The van der Waals surface area contributed by atoms with Crippen LogP contribution in [0.4, 0.5) is 5.69 Å². The van der Waals surface area contributed by atoms with Crippen molar-refractivity contribution in [2.75, 3.05) is 18.5 Å². The molecule has 3 rings (SSSR count). The number of anilines is 1. The standard InChI is InChI=1S/C17H22N6O/c1-18-17(20-12-14-8-9-21-22-14)19-11-13-4-6-15(7-5-13)23-10-2-3-16(23)24/h4-9H,2-3,10-12H2,1H3,(H,21,22)(H2,18,19,20). The first-order chi connectivity index (χ1) is 11.8. The number of nitrogens with one attached hydrogen (secondary N) is 3. The molecule has 1 aliphatic heterocycles. The molecule has 7 heteroatoms. The van der Waals surface area contributed by atoms with E-state index < -0.39 is 0 Å². The van der Waals surface area contributed by atoms with Gasteiger partial charge in [-0.25, -0.2) is 0 Å². The molecular weight excluding hydrogens is 304 g/mol. The molecule has 1 amide bonds. The molecule has 3 N–H and O–H groups in total. The second-order valence-electron chi connectivity index (χ2n) is 5.68. The Hall–Kier alpha value is -2.83. The predicted octanol–water partition coefficient (Wildman–Crippen LogP) is 1.40. The first-order valence-corrected chi connectivity index (χ1v) is 8.08. The van der Waals surface area contributed by atoms with Gasteiger partial charge in [-0.15, -0.1) is 0 Å². The summed E-state index contributed by atoms with van der Waals surface area (Å²) in [6, 6.07) is 9.99. The van der Waals surface area contributed by atoms with E-state index in [9.17, 15) is 4.79 Å². The molecule has 1 saturated heterocycles. The Balaban J connectivity index is 1.51. The molecule has 0 spiro atoms. The molecule has 0 atom stereocenters. The van der Waals surface area contributed by atoms with Gasteiger partial charge in [0, 0.05) is 38.4 Å². The largest absolute Gasteiger partial charge is 0.352 e. The van der Waals surface area contributed by atoms with Crippen molar-refractivity contribution in [1.82, 2.24) is 20.8 Å². The van der Waals surface area contributed by atoms with E-state index in [1.807, 2.05) is 35.2 Å². The van der Waals surface area contributed by atoms with Crippen molar-refractivity contribution in [3.05, 3.63) is 47.8 Å². The molecule has 1 aromatic heterocycles. The Labute approximate surface area is 141 Å². The number of aromatic amines is 1. The molecular formula is C17H22N6O. The second kappa shape index (κ2) is 7.63. The maximum absolute atomic E-state index is 11.8. The van der Waals surface area contributed by atoms with Gasteiger partial charge in [0.25, 0.3) is 0 Å². The third kappa shape index (κ3) is 3.92. The molecule has 0 radical (unpaired) electrons. The predicted molar refractivity (Wildman–Crippen MR) is 93.7 cm³/mol. The van der Waals surface area contributed by atoms with Crippen LogP contribution >= 0.6 is 0 Å². The molecule has 7 nitrogen and oxygen atoms in total. The topological polar surface area (TPSA) is 85.4 Å². The quantitative estimate of drug-likeness (QED) is 0.573. The zero-order valence-corrected chi connectivity index (χ0v) is 13.7. The van der Waals surface area contributed by atoms with E-state index in [-0.39, 0.29) is 5.91 Å². The Morgan fingerprint density at radius 2 is 2.04 bits per heavy atom. The number of hydrogen-bond donors (Lipinski definition) is 3. The van der Waals surface area contributed by atoms with Crippen LogP contribution in [0.3, 0.4) is 0 Å². The molecule has 126 valence electrons. The molecule has 1 fully saturated rings. The average molecular weight is 326 g/mol. The van der Waals surface area contributed by atoms with E-state index >= 15 is 0 Å². The van der Waals surface area contributed by atoms with Crippen LogP contribution in [0.1, 0.15) is 24.1 Å². The molecule has 2 heterocycles. The lowest BCUT2D eigenvalue weighted by Crippen LogP contribution is -2.36. The van der Waals surface area contributed by atoms with Gasteiger partial charge < -0.3 is 15.5 Å². The zero-order valence-electron chi connectivity index (χ0n) is 13.7. The van der Waals surface area contributed by atoms with Crippen LogP contribution in [-0.2, 0) is 17.9 Å². The fourth-order valence-corrected chi connectivity index (χ4v) is 2.68. The van der Waals surface area contributed by atoms with Crippen LogP contribution in [0.2, 0.25) is 0 Å². The number of hydrogen-bond acceptors (Lipinski definition) is 3. The Morgan fingerprint density at radius 1 is 1.25 bits per heavy atom. The van der Waals surface area contributed by atoms with E-state index in [1.165, 1.54) is 0 Å². The number of rotatable bonds is 5. The van der Waals surface area contributed by atoms with Crippen molar-refractivity contribution in [2.45, 2.75) is 25.9 Å². The van der Waals surface area contributed by atoms with Gasteiger partial charge in [0.05, 0.1) is 12.2 Å². The van der Waals surface area contributed by atoms with Crippen LogP contribution in [0.5, 0.6) is 0 Å². The van der Waals surface area contributed by atoms with Crippen molar-refractivity contribution in [1.29, 1.82) is 0 Å². The molecule has 0 bridgehead atoms. The average Bonchev–Trinajstić information content (AvgIpc) is 3.27. The van der Waals surface area contributed by atoms with E-state index in [2.05, 4.69) is 25.8 Å². The fraction of sp³-hybridized carbons (Fsp3) is 0.353. The van der Waals surface area contributed by atoms with Crippen LogP contribution < -0.4 is 15.5 Å². The maximum atomic E-state index is 11.8. The van der Waals surface area contributed by atoms with E-state index in [4.69, 9.17) is 0 Å². The third-order valence-electron chi connectivity index (χ3n) is 4.01. The summed E-state index contributed by atoms with van der Waals surface area (Å²) < 4.78 is 0. The highest BCUT2D eigenvalue weighted by atomic mass is 16.2. The van der Waals surface area contributed by atoms with Gasteiger partial charge in [-0.2, -0.15) is 5.10 Å². The van der Waals surface area contributed by atoms with Crippen molar-refractivity contribution < 1.29 is 4.79 Å². The summed E-state index contributed by atoms with van der Waals surface area (Å²) >= 11 is 0. The normalized spacial score (nSPS) is 15.0. The number of carbonyl (C=O) groups is 1. The van der Waals surface area contributed by atoms with Crippen molar-refractivity contribution in [2.24, 2.45) is 4.99 Å². The lowest BCUT2D eigenvalue weighted by atomic mass is 10.2. The zero-order chi connectivity index (χ0) is 16.8. The van der Waals surface area contributed by atoms with Gasteiger partial charge in [0.15, 0.2) is 5.96 Å². The third-order valence-corrected chi connectivity index (χ3v) is 4.01. The minimum atomic E-state index is 0.212. The van der Waals surface area contributed by atoms with Gasteiger partial charge in [-0.05, 0) is 30.2 Å². The number of H-pyrrole nitrogens is 1. The summed E-state index contributed by atoms with van der Waals surface area (Å²) in [7, 11) is 1.74. The van der Waals surface area contributed by atoms with Gasteiger partial charge in [0.1, 0.15) is 0 Å². The Bertz CT molecular complexity index is 692. The van der Waals surface area contributed by atoms with Crippen LogP contribution in [0.15, 0.2) is 41.5 Å². The van der Waals surface area contributed by atoms with Crippen LogP contribution in [0.25, 0.3) is 0 Å². The number of amides is 1. The Kier molecular flexibility index (Phi) is 5.10. The number of guanidine groups is 1. The van der Waals surface area contributed by atoms with Gasteiger partial charge in [-0.1, -0.05) is 12.1 Å². The number of aliphatic imine (C=N–C) groups is 1. The SMILES string of the molecule is CN=C(NCc1ccc(N2CCCC2=O)cc1)NCc1ccn[nH]1. The highest BCUT2D eigenvalue weighted by molar-refractivity contribution is 5.95. The van der Waals surface area contributed by atoms with E-state index in [1.54, 1.807) is 13.2 Å². The summed E-state index contributed by atoms with van der Waals surface area (Å²) in [6.07, 6.45) is 3.32. The lowest BCUT2D eigenvalue weighted by Gasteiger charge is -2.16. The van der Waals surface area contributed by atoms with Gasteiger partial charge in [0.2, 0.25) is 5.91 Å². The van der Waals surface area contributed by atoms with E-state index in [0.717, 1.165) is 35.9 Å². The second-order valence-corrected chi connectivity index (χ2v) is 5.68. The number of nitrogens with zero attached hydrogens (tertiary/aromatic N) is 3.